The first-order chi connectivity index (χ1) is 9.36. The van der Waals surface area contributed by atoms with Gasteiger partial charge in [-0.1, -0.05) is 58.0 Å². The van der Waals surface area contributed by atoms with Crippen LogP contribution in [0.5, 0.6) is 0 Å². The minimum Gasteiger partial charge on any atom is -0.458 e. The summed E-state index contributed by atoms with van der Waals surface area (Å²) < 4.78 is 11.1. The van der Waals surface area contributed by atoms with E-state index in [1.54, 1.807) is 0 Å². The summed E-state index contributed by atoms with van der Waals surface area (Å²) in [4.78, 5) is 11.7. The van der Waals surface area contributed by atoms with Gasteiger partial charge in [-0.15, -0.1) is 0 Å². The fourth-order valence-electron chi connectivity index (χ4n) is 2.13. The van der Waals surface area contributed by atoms with Gasteiger partial charge in [0.2, 0.25) is 6.29 Å². The first-order valence-electron chi connectivity index (χ1n) is 6.99. The minimum atomic E-state index is -0.516. The molecular weight excluding hydrogens is 252 g/mol. The number of hydrogen-bond donors (Lipinski definition) is 0. The topological polar surface area (TPSA) is 35.5 Å². The highest BCUT2D eigenvalue weighted by Gasteiger charge is 2.34. The lowest BCUT2D eigenvalue weighted by Gasteiger charge is -2.34. The van der Waals surface area contributed by atoms with Crippen molar-refractivity contribution in [2.75, 3.05) is 0 Å². The minimum absolute atomic E-state index is 0.231. The maximum atomic E-state index is 11.7. The van der Waals surface area contributed by atoms with Gasteiger partial charge in [-0.05, 0) is 11.5 Å². The maximum Gasteiger partial charge on any atom is 0.337 e. The van der Waals surface area contributed by atoms with Gasteiger partial charge in [0.05, 0.1) is 6.08 Å². The summed E-state index contributed by atoms with van der Waals surface area (Å²) in [6.45, 7) is 8.11. The molecule has 20 heavy (non-hydrogen) atoms. The van der Waals surface area contributed by atoms with Crippen molar-refractivity contribution in [2.24, 2.45) is 5.41 Å². The number of hydrogen-bond acceptors (Lipinski definition) is 3. The number of ether oxygens (including phenoxy) is 2. The van der Waals surface area contributed by atoms with E-state index in [1.807, 2.05) is 39.0 Å². The van der Waals surface area contributed by atoms with Crippen LogP contribution in [0.2, 0.25) is 0 Å². The number of carbonyl (C=O) groups is 1. The highest BCUT2D eigenvalue weighted by Crippen LogP contribution is 2.32. The van der Waals surface area contributed by atoms with Crippen LogP contribution in [0.15, 0.2) is 42.2 Å². The van der Waals surface area contributed by atoms with Gasteiger partial charge >= 0.3 is 5.97 Å². The molecule has 2 rings (SSSR count). The highest BCUT2D eigenvalue weighted by molar-refractivity contribution is 5.83. The second-order valence-electron chi connectivity index (χ2n) is 6.38. The number of benzene rings is 1. The molecule has 2 unspecified atom stereocenters. The Kier molecular flexibility index (Phi) is 4.17. The van der Waals surface area contributed by atoms with Crippen LogP contribution in [-0.4, -0.2) is 12.3 Å². The van der Waals surface area contributed by atoms with Crippen LogP contribution < -0.4 is 0 Å². The van der Waals surface area contributed by atoms with Crippen molar-refractivity contribution in [3.8, 4) is 0 Å². The van der Waals surface area contributed by atoms with Crippen LogP contribution in [0.25, 0.3) is 0 Å². The Balaban J connectivity index is 2.07. The molecule has 0 fully saturated rings. The maximum absolute atomic E-state index is 11.7. The second kappa shape index (κ2) is 5.70. The van der Waals surface area contributed by atoms with Gasteiger partial charge in [0, 0.05) is 11.8 Å². The summed E-state index contributed by atoms with van der Waals surface area (Å²) in [6, 6.07) is 10.2. The number of allylic oxidation sites excluding steroid dienone is 1. The van der Waals surface area contributed by atoms with E-state index >= 15 is 0 Å². The van der Waals surface area contributed by atoms with Crippen LogP contribution in [0.3, 0.4) is 0 Å². The fourth-order valence-corrected chi connectivity index (χ4v) is 2.13. The molecule has 0 N–H and O–H groups in total. The van der Waals surface area contributed by atoms with Gasteiger partial charge in [-0.2, -0.15) is 0 Å². The Hall–Kier alpha value is -1.77. The van der Waals surface area contributed by atoms with Crippen molar-refractivity contribution in [3.05, 3.63) is 47.7 Å². The van der Waals surface area contributed by atoms with Crippen molar-refractivity contribution in [1.29, 1.82) is 0 Å². The average Bonchev–Trinajstić information content (AvgIpc) is 2.38. The van der Waals surface area contributed by atoms with E-state index in [4.69, 9.17) is 9.47 Å². The van der Waals surface area contributed by atoms with Gasteiger partial charge in [-0.25, -0.2) is 4.79 Å². The lowest BCUT2D eigenvalue weighted by Crippen LogP contribution is -2.36. The van der Waals surface area contributed by atoms with Crippen molar-refractivity contribution in [3.63, 3.8) is 0 Å². The third kappa shape index (κ3) is 3.62. The van der Waals surface area contributed by atoms with E-state index in [0.29, 0.717) is 18.1 Å². The zero-order chi connectivity index (χ0) is 14.8. The van der Waals surface area contributed by atoms with E-state index in [1.165, 1.54) is 11.6 Å². The third-order valence-electron chi connectivity index (χ3n) is 3.34. The Morgan fingerprint density at radius 1 is 1.15 bits per heavy atom. The van der Waals surface area contributed by atoms with Gasteiger partial charge < -0.3 is 9.47 Å². The number of cyclic esters (lactones) is 1. The number of carbonyl (C=O) groups excluding carboxylic acids is 1. The molecule has 0 aromatic heterocycles. The molecule has 2 atom stereocenters. The van der Waals surface area contributed by atoms with E-state index in [0.717, 1.165) is 0 Å². The Bertz CT molecular complexity index is 497. The normalized spacial score (nSPS) is 20.7. The van der Waals surface area contributed by atoms with Gasteiger partial charge in [-0.3, -0.25) is 0 Å². The molecule has 0 saturated carbocycles. The van der Waals surface area contributed by atoms with Crippen molar-refractivity contribution in [1.82, 2.24) is 0 Å². The molecule has 0 bridgehead atoms. The van der Waals surface area contributed by atoms with Crippen LogP contribution in [-0.2, 0) is 14.3 Å². The van der Waals surface area contributed by atoms with Crippen molar-refractivity contribution in [2.45, 2.75) is 46.3 Å². The van der Waals surface area contributed by atoms with E-state index < -0.39 is 6.29 Å². The SMILES string of the molecule is CC(CC1=CC(=O)OC(C(C)(C)C)O1)c1ccccc1. The summed E-state index contributed by atoms with van der Waals surface area (Å²) in [5.74, 6) is 0.693. The monoisotopic (exact) mass is 274 g/mol. The summed E-state index contributed by atoms with van der Waals surface area (Å²) in [7, 11) is 0. The van der Waals surface area contributed by atoms with Gasteiger partial charge in [0.15, 0.2) is 0 Å². The quantitative estimate of drug-likeness (QED) is 0.781. The molecule has 0 spiro atoms. The molecule has 0 saturated heterocycles. The predicted molar refractivity (Wildman–Crippen MR) is 78.0 cm³/mol. The largest absolute Gasteiger partial charge is 0.458 e. The molecule has 0 amide bonds. The lowest BCUT2D eigenvalue weighted by molar-refractivity contribution is -0.195. The molecule has 1 aliphatic rings. The lowest BCUT2D eigenvalue weighted by atomic mass is 9.94. The van der Waals surface area contributed by atoms with Gasteiger partial charge in [0.25, 0.3) is 0 Å². The van der Waals surface area contributed by atoms with E-state index in [9.17, 15) is 4.79 Å². The fraction of sp³-hybridized carbons (Fsp3) is 0.471. The first-order valence-corrected chi connectivity index (χ1v) is 6.99. The van der Waals surface area contributed by atoms with Crippen LogP contribution in [0.4, 0.5) is 0 Å². The highest BCUT2D eigenvalue weighted by atomic mass is 16.7. The Morgan fingerprint density at radius 2 is 1.80 bits per heavy atom. The predicted octanol–water partition coefficient (Wildman–Crippen LogP) is 4.01. The summed E-state index contributed by atoms with van der Waals surface area (Å²) >= 11 is 0. The number of esters is 1. The van der Waals surface area contributed by atoms with Crippen LogP contribution >= 0.6 is 0 Å². The third-order valence-corrected chi connectivity index (χ3v) is 3.34. The Labute approximate surface area is 120 Å². The molecule has 3 heteroatoms. The molecule has 0 aliphatic carbocycles. The molecule has 3 nitrogen and oxygen atoms in total. The summed E-state index contributed by atoms with van der Waals surface area (Å²) in [5.41, 5.74) is 1.01. The average molecular weight is 274 g/mol. The molecule has 1 aliphatic heterocycles. The molecule has 108 valence electrons. The van der Waals surface area contributed by atoms with E-state index in [2.05, 4.69) is 19.1 Å². The summed E-state index contributed by atoms with van der Waals surface area (Å²) in [6.07, 6.45) is 1.64. The smallest absolute Gasteiger partial charge is 0.337 e. The zero-order valence-electron chi connectivity index (χ0n) is 12.6. The standard InChI is InChI=1S/C17H22O3/c1-12(13-8-6-5-7-9-13)10-14-11-15(18)20-16(19-14)17(2,3)4/h5-9,11-12,16H,10H2,1-4H3. The Morgan fingerprint density at radius 3 is 2.40 bits per heavy atom. The molecule has 0 radical (unpaired) electrons. The zero-order valence-corrected chi connectivity index (χ0v) is 12.6. The van der Waals surface area contributed by atoms with Gasteiger partial charge in [0.1, 0.15) is 5.76 Å². The summed E-state index contributed by atoms with van der Waals surface area (Å²) in [5, 5.41) is 0. The van der Waals surface area contributed by atoms with Crippen LogP contribution in [0.1, 0.15) is 45.6 Å². The van der Waals surface area contributed by atoms with E-state index in [-0.39, 0.29) is 11.4 Å². The van der Waals surface area contributed by atoms with Crippen molar-refractivity contribution < 1.29 is 14.3 Å². The molecule has 1 aromatic rings. The molecule has 1 aromatic carbocycles. The molecule has 1 heterocycles. The van der Waals surface area contributed by atoms with Crippen molar-refractivity contribution >= 4 is 5.97 Å². The first kappa shape index (κ1) is 14.6. The molecular formula is C17H22O3. The second-order valence-corrected chi connectivity index (χ2v) is 6.38. The van der Waals surface area contributed by atoms with Crippen LogP contribution in [0, 0.1) is 5.41 Å². The number of rotatable bonds is 3.